The van der Waals surface area contributed by atoms with Gasteiger partial charge in [0.2, 0.25) is 0 Å². The Morgan fingerprint density at radius 3 is 1.92 bits per heavy atom. The molecule has 2 unspecified atom stereocenters. The summed E-state index contributed by atoms with van der Waals surface area (Å²) < 4.78 is 20.2. The first kappa shape index (κ1) is 25.8. The van der Waals surface area contributed by atoms with E-state index in [0.29, 0.717) is 13.2 Å². The topological polar surface area (TPSA) is 27.7 Å². The van der Waals surface area contributed by atoms with Crippen LogP contribution in [-0.2, 0) is 13.2 Å². The van der Waals surface area contributed by atoms with Gasteiger partial charge in [0.05, 0.1) is 10.1 Å². The summed E-state index contributed by atoms with van der Waals surface area (Å²) in [4.78, 5) is 1.07. The Balaban J connectivity index is 1.27. The molecule has 0 bridgehead atoms. The quantitative estimate of drug-likeness (QED) is 0.158. The second-order valence-electron chi connectivity index (χ2n) is 9.36. The van der Waals surface area contributed by atoms with Crippen molar-refractivity contribution in [2.75, 3.05) is 0 Å². The van der Waals surface area contributed by atoms with Crippen LogP contribution in [-0.4, -0.2) is 0 Å². The molecule has 6 rings (SSSR count). The molecule has 1 aliphatic rings. The van der Waals surface area contributed by atoms with Crippen LogP contribution in [0.1, 0.15) is 33.6 Å². The molecule has 1 heterocycles. The van der Waals surface area contributed by atoms with Gasteiger partial charge in [0.15, 0.2) is 0 Å². The first-order chi connectivity index (χ1) is 19.2. The molecular formula is C34H27IO3S. The van der Waals surface area contributed by atoms with Crippen molar-refractivity contribution in [2.45, 2.75) is 29.5 Å². The number of hydrogen-bond acceptors (Lipinski definition) is 4. The van der Waals surface area contributed by atoms with Gasteiger partial charge in [-0.15, -0.1) is 11.8 Å². The van der Waals surface area contributed by atoms with Crippen molar-refractivity contribution in [2.24, 2.45) is 0 Å². The SMILES string of the molecule is Ic1ccc(C2Oc3ccc(OCc4ccccc4)cc3SC2c2cccc(OCc3ccccc3)c2)cc1. The van der Waals surface area contributed by atoms with E-state index in [9.17, 15) is 0 Å². The first-order valence-corrected chi connectivity index (χ1v) is 14.8. The van der Waals surface area contributed by atoms with Gasteiger partial charge in [0, 0.05) is 3.57 Å². The zero-order valence-electron chi connectivity index (χ0n) is 21.2. The maximum absolute atomic E-state index is 6.69. The maximum atomic E-state index is 6.69. The zero-order chi connectivity index (χ0) is 26.4. The highest BCUT2D eigenvalue weighted by Gasteiger charge is 2.34. The van der Waals surface area contributed by atoms with Crippen molar-refractivity contribution in [1.29, 1.82) is 0 Å². The second kappa shape index (κ2) is 12.2. The summed E-state index contributed by atoms with van der Waals surface area (Å²) in [6.07, 6.45) is -0.139. The molecule has 0 fully saturated rings. The number of fused-ring (bicyclic) bond motifs is 1. The van der Waals surface area contributed by atoms with E-state index in [0.717, 1.165) is 44.4 Å². The van der Waals surface area contributed by atoms with Gasteiger partial charge >= 0.3 is 0 Å². The van der Waals surface area contributed by atoms with Crippen LogP contribution in [0.4, 0.5) is 0 Å². The molecule has 0 aliphatic carbocycles. The van der Waals surface area contributed by atoms with Crippen LogP contribution < -0.4 is 14.2 Å². The summed E-state index contributed by atoms with van der Waals surface area (Å²) in [5.74, 6) is 2.56. The minimum absolute atomic E-state index is 0.0437. The fourth-order valence-electron chi connectivity index (χ4n) is 4.57. The number of ether oxygens (including phenoxy) is 3. The molecule has 1 aliphatic heterocycles. The third-order valence-electron chi connectivity index (χ3n) is 6.58. The highest BCUT2D eigenvalue weighted by molar-refractivity contribution is 14.1. The lowest BCUT2D eigenvalue weighted by atomic mass is 10.00. The van der Waals surface area contributed by atoms with Crippen LogP contribution in [0.5, 0.6) is 17.2 Å². The molecular weight excluding hydrogens is 615 g/mol. The van der Waals surface area contributed by atoms with E-state index >= 15 is 0 Å². The predicted molar refractivity (Wildman–Crippen MR) is 166 cm³/mol. The molecule has 3 nitrogen and oxygen atoms in total. The number of hydrogen-bond donors (Lipinski definition) is 0. The molecule has 5 aromatic carbocycles. The number of benzene rings is 5. The van der Waals surface area contributed by atoms with Gasteiger partial charge in [-0.1, -0.05) is 84.9 Å². The van der Waals surface area contributed by atoms with E-state index in [4.69, 9.17) is 14.2 Å². The van der Waals surface area contributed by atoms with E-state index < -0.39 is 0 Å². The van der Waals surface area contributed by atoms with Crippen molar-refractivity contribution in [3.05, 3.63) is 153 Å². The Bertz CT molecular complexity index is 1520. The summed E-state index contributed by atoms with van der Waals surface area (Å²) in [6.45, 7) is 1.06. The van der Waals surface area contributed by atoms with Gasteiger partial charge in [-0.3, -0.25) is 0 Å². The molecule has 0 saturated carbocycles. The van der Waals surface area contributed by atoms with E-state index in [1.807, 2.05) is 66.4 Å². The van der Waals surface area contributed by atoms with Gasteiger partial charge < -0.3 is 14.2 Å². The molecule has 5 heteroatoms. The molecule has 2 atom stereocenters. The number of rotatable bonds is 8. The molecule has 0 radical (unpaired) electrons. The van der Waals surface area contributed by atoms with Gasteiger partial charge in [-0.2, -0.15) is 0 Å². The third kappa shape index (κ3) is 6.43. The Labute approximate surface area is 247 Å². The fourth-order valence-corrected chi connectivity index (χ4v) is 6.23. The monoisotopic (exact) mass is 642 g/mol. The molecule has 5 aromatic rings. The average Bonchev–Trinajstić information content (AvgIpc) is 3.00. The molecule has 0 saturated heterocycles. The lowest BCUT2D eigenvalue weighted by molar-refractivity contribution is 0.190. The predicted octanol–water partition coefficient (Wildman–Crippen LogP) is 9.42. The van der Waals surface area contributed by atoms with Crippen molar-refractivity contribution in [3.8, 4) is 17.2 Å². The van der Waals surface area contributed by atoms with Crippen molar-refractivity contribution in [1.82, 2.24) is 0 Å². The second-order valence-corrected chi connectivity index (χ2v) is 11.8. The van der Waals surface area contributed by atoms with E-state index in [1.165, 1.54) is 3.57 Å². The fraction of sp³-hybridized carbons (Fsp3) is 0.118. The molecule has 0 N–H and O–H groups in total. The van der Waals surface area contributed by atoms with Crippen molar-refractivity contribution in [3.63, 3.8) is 0 Å². The van der Waals surface area contributed by atoms with Crippen LogP contribution in [0, 0.1) is 3.57 Å². The molecule has 194 valence electrons. The molecule has 0 spiro atoms. The normalized spacial score (nSPS) is 16.1. The van der Waals surface area contributed by atoms with Gasteiger partial charge in [0.25, 0.3) is 0 Å². The standard InChI is InChI=1S/C34H27IO3S/c35-28-16-14-26(15-17-28)33-34(27-12-7-13-29(20-27)36-22-24-8-3-1-4-9-24)39-32-21-30(18-19-31(32)38-33)37-23-25-10-5-2-6-11-25/h1-21,33-34H,22-23H2. The number of halogens is 1. The minimum Gasteiger partial charge on any atom is -0.489 e. The summed E-state index contributed by atoms with van der Waals surface area (Å²) >= 11 is 4.16. The zero-order valence-corrected chi connectivity index (χ0v) is 24.2. The van der Waals surface area contributed by atoms with Crippen LogP contribution >= 0.6 is 34.4 Å². The lowest BCUT2D eigenvalue weighted by Crippen LogP contribution is -2.19. The van der Waals surface area contributed by atoms with Crippen LogP contribution in [0.2, 0.25) is 0 Å². The van der Waals surface area contributed by atoms with Crippen LogP contribution in [0.25, 0.3) is 0 Å². The summed E-state index contributed by atoms with van der Waals surface area (Å²) in [5, 5.41) is 0.0437. The minimum atomic E-state index is -0.139. The van der Waals surface area contributed by atoms with Gasteiger partial charge in [-0.05, 0) is 87.3 Å². The van der Waals surface area contributed by atoms with Crippen molar-refractivity contribution < 1.29 is 14.2 Å². The molecule has 0 aromatic heterocycles. The van der Waals surface area contributed by atoms with Gasteiger partial charge in [-0.25, -0.2) is 0 Å². The Morgan fingerprint density at radius 2 is 1.26 bits per heavy atom. The van der Waals surface area contributed by atoms with Crippen LogP contribution in [0.15, 0.2) is 132 Å². The summed E-state index contributed by atoms with van der Waals surface area (Å²) in [6, 6.07) is 43.6. The van der Waals surface area contributed by atoms with E-state index in [-0.39, 0.29) is 11.4 Å². The van der Waals surface area contributed by atoms with Crippen molar-refractivity contribution >= 4 is 34.4 Å². The Kier molecular flexibility index (Phi) is 8.07. The third-order valence-corrected chi connectivity index (χ3v) is 8.65. The highest BCUT2D eigenvalue weighted by atomic mass is 127. The summed E-state index contributed by atoms with van der Waals surface area (Å²) in [5.41, 5.74) is 4.60. The lowest BCUT2D eigenvalue weighted by Gasteiger charge is -2.34. The smallest absolute Gasteiger partial charge is 0.140 e. The highest BCUT2D eigenvalue weighted by Crippen LogP contribution is 2.54. The summed E-state index contributed by atoms with van der Waals surface area (Å²) in [7, 11) is 0. The molecule has 0 amide bonds. The average molecular weight is 643 g/mol. The van der Waals surface area contributed by atoms with Crippen LogP contribution in [0.3, 0.4) is 0 Å². The number of thioether (sulfide) groups is 1. The van der Waals surface area contributed by atoms with Gasteiger partial charge in [0.1, 0.15) is 36.6 Å². The Morgan fingerprint density at radius 1 is 0.615 bits per heavy atom. The first-order valence-electron chi connectivity index (χ1n) is 12.9. The van der Waals surface area contributed by atoms with E-state index in [2.05, 4.69) is 95.4 Å². The van der Waals surface area contributed by atoms with E-state index in [1.54, 1.807) is 0 Å². The Hall–Kier alpha value is -3.42. The molecule has 39 heavy (non-hydrogen) atoms. The maximum Gasteiger partial charge on any atom is 0.140 e. The largest absolute Gasteiger partial charge is 0.489 e.